The van der Waals surface area contributed by atoms with Crippen LogP contribution >= 0.6 is 0 Å². The summed E-state index contributed by atoms with van der Waals surface area (Å²) in [5.41, 5.74) is 1.07. The van der Waals surface area contributed by atoms with Gasteiger partial charge in [-0.1, -0.05) is 43.2 Å². The van der Waals surface area contributed by atoms with Gasteiger partial charge in [-0.3, -0.25) is 0 Å². The summed E-state index contributed by atoms with van der Waals surface area (Å²) < 4.78 is 6.07. The lowest BCUT2D eigenvalue weighted by Gasteiger charge is -2.38. The molecule has 1 aromatic carbocycles. The Morgan fingerprint density at radius 2 is 1.91 bits per heavy atom. The number of nitrogens with two attached hydrogens (primary N) is 1. The molecule has 0 radical (unpaired) electrons. The molecule has 4 nitrogen and oxygen atoms in total. The predicted octanol–water partition coefficient (Wildman–Crippen LogP) is 4.21. The lowest BCUT2D eigenvalue weighted by atomic mass is 9.81. The van der Waals surface area contributed by atoms with Crippen LogP contribution in [0.2, 0.25) is 0 Å². The number of benzene rings is 1. The Hall–Kier alpha value is -1.81. The summed E-state index contributed by atoms with van der Waals surface area (Å²) in [4.78, 5) is 12.7. The third kappa shape index (κ3) is 2.76. The van der Waals surface area contributed by atoms with Crippen LogP contribution in [0.4, 0.5) is 4.79 Å². The van der Waals surface area contributed by atoms with E-state index in [1.54, 1.807) is 0 Å². The van der Waals surface area contributed by atoms with Gasteiger partial charge in [0.05, 0.1) is 5.54 Å². The van der Waals surface area contributed by atoms with Crippen LogP contribution in [0, 0.1) is 5.92 Å². The largest absolute Gasteiger partial charge is 0.432 e. The van der Waals surface area contributed by atoms with Crippen molar-refractivity contribution in [2.24, 2.45) is 11.8 Å². The third-order valence-corrected chi connectivity index (χ3v) is 5.03. The standard InChI is InChI=1S/C19H26N2O2/c1-18(2,3)21(20)17(22)23-19(15-9-5-6-10-15)13-12-14-8-4-7-11-16(14)19/h4,7-8,11-13,15H,5-6,9-10,20H2,1-3H3. The smallest absolute Gasteiger partial charge is 0.425 e. The number of rotatable bonds is 2. The molecule has 1 amide bonds. The Kier molecular flexibility index (Phi) is 3.96. The zero-order valence-corrected chi connectivity index (χ0v) is 14.2. The van der Waals surface area contributed by atoms with Gasteiger partial charge in [0.2, 0.25) is 0 Å². The minimum Gasteiger partial charge on any atom is -0.432 e. The van der Waals surface area contributed by atoms with Gasteiger partial charge in [0.25, 0.3) is 0 Å². The molecule has 1 fully saturated rings. The number of hydrogen-bond acceptors (Lipinski definition) is 3. The molecule has 23 heavy (non-hydrogen) atoms. The summed E-state index contributed by atoms with van der Waals surface area (Å²) in [6.45, 7) is 5.69. The summed E-state index contributed by atoms with van der Waals surface area (Å²) in [6, 6.07) is 8.16. The first kappa shape index (κ1) is 16.1. The average molecular weight is 314 g/mol. The Bertz CT molecular complexity index is 627. The molecule has 0 spiro atoms. The number of ether oxygens (including phenoxy) is 1. The average Bonchev–Trinajstić information content (AvgIpc) is 3.14. The van der Waals surface area contributed by atoms with Gasteiger partial charge in [0, 0.05) is 11.5 Å². The van der Waals surface area contributed by atoms with Crippen molar-refractivity contribution in [1.82, 2.24) is 5.01 Å². The Balaban J connectivity index is 1.96. The van der Waals surface area contributed by atoms with Gasteiger partial charge in [0.15, 0.2) is 5.60 Å². The van der Waals surface area contributed by atoms with Crippen LogP contribution in [0.5, 0.6) is 0 Å². The van der Waals surface area contributed by atoms with E-state index >= 15 is 0 Å². The first-order valence-electron chi connectivity index (χ1n) is 8.41. The molecule has 2 N–H and O–H groups in total. The maximum atomic E-state index is 12.7. The zero-order chi connectivity index (χ0) is 16.7. The molecular weight excluding hydrogens is 288 g/mol. The highest BCUT2D eigenvalue weighted by Gasteiger charge is 2.47. The van der Waals surface area contributed by atoms with E-state index < -0.39 is 17.2 Å². The molecule has 1 atom stereocenters. The first-order valence-corrected chi connectivity index (χ1v) is 8.41. The molecule has 1 aromatic rings. The predicted molar refractivity (Wildman–Crippen MR) is 91.4 cm³/mol. The van der Waals surface area contributed by atoms with Crippen LogP contribution in [0.25, 0.3) is 6.08 Å². The molecular formula is C19H26N2O2. The number of amides is 1. The van der Waals surface area contributed by atoms with Crippen molar-refractivity contribution in [1.29, 1.82) is 0 Å². The molecule has 0 aromatic heterocycles. The number of hydrogen-bond donors (Lipinski definition) is 1. The van der Waals surface area contributed by atoms with Gasteiger partial charge in [-0.05, 0) is 45.3 Å². The van der Waals surface area contributed by atoms with E-state index in [9.17, 15) is 4.79 Å². The Morgan fingerprint density at radius 3 is 2.57 bits per heavy atom. The normalized spacial score (nSPS) is 23.8. The van der Waals surface area contributed by atoms with Gasteiger partial charge in [0.1, 0.15) is 0 Å². The maximum Gasteiger partial charge on any atom is 0.425 e. The SMILES string of the molecule is CC(C)(C)N(N)C(=O)OC1(C2CCCC2)C=Cc2ccccc21. The third-order valence-electron chi connectivity index (χ3n) is 5.03. The fourth-order valence-corrected chi connectivity index (χ4v) is 3.65. The second-order valence-electron chi connectivity index (χ2n) is 7.60. The second kappa shape index (κ2) is 5.68. The first-order chi connectivity index (χ1) is 10.8. The summed E-state index contributed by atoms with van der Waals surface area (Å²) in [7, 11) is 0. The minimum atomic E-state index is -0.674. The van der Waals surface area contributed by atoms with Crippen LogP contribution in [0.15, 0.2) is 30.3 Å². The van der Waals surface area contributed by atoms with Gasteiger partial charge in [-0.2, -0.15) is 0 Å². The van der Waals surface area contributed by atoms with E-state index in [2.05, 4.69) is 24.3 Å². The fourth-order valence-electron chi connectivity index (χ4n) is 3.65. The van der Waals surface area contributed by atoms with Crippen molar-refractivity contribution in [3.05, 3.63) is 41.5 Å². The second-order valence-corrected chi connectivity index (χ2v) is 7.60. The van der Waals surface area contributed by atoms with Crippen molar-refractivity contribution in [3.63, 3.8) is 0 Å². The van der Waals surface area contributed by atoms with Crippen molar-refractivity contribution >= 4 is 12.2 Å². The zero-order valence-electron chi connectivity index (χ0n) is 14.2. The minimum absolute atomic E-state index is 0.319. The van der Waals surface area contributed by atoms with Crippen LogP contribution in [-0.4, -0.2) is 16.6 Å². The quantitative estimate of drug-likeness (QED) is 0.505. The summed E-state index contributed by atoms with van der Waals surface area (Å²) in [6.07, 6.45) is 8.18. The fraction of sp³-hybridized carbons (Fsp3) is 0.526. The van der Waals surface area contributed by atoms with Crippen molar-refractivity contribution in [3.8, 4) is 0 Å². The molecule has 3 rings (SSSR count). The van der Waals surface area contributed by atoms with Crippen LogP contribution in [0.3, 0.4) is 0 Å². The van der Waals surface area contributed by atoms with Gasteiger partial charge in [-0.15, -0.1) is 0 Å². The van der Waals surface area contributed by atoms with E-state index in [1.165, 1.54) is 17.9 Å². The van der Waals surface area contributed by atoms with E-state index in [1.807, 2.05) is 32.9 Å². The lowest BCUT2D eigenvalue weighted by Crippen LogP contribution is -2.53. The highest BCUT2D eigenvalue weighted by molar-refractivity contribution is 5.72. The summed E-state index contributed by atoms with van der Waals surface area (Å²) >= 11 is 0. The van der Waals surface area contributed by atoms with Crippen molar-refractivity contribution in [2.75, 3.05) is 0 Å². The number of carbonyl (C=O) groups is 1. The van der Waals surface area contributed by atoms with Gasteiger partial charge < -0.3 is 4.74 Å². The number of fused-ring (bicyclic) bond motifs is 1. The van der Waals surface area contributed by atoms with Crippen LogP contribution in [-0.2, 0) is 10.3 Å². The van der Waals surface area contributed by atoms with E-state index in [0.29, 0.717) is 5.92 Å². The number of hydrazine groups is 1. The highest BCUT2D eigenvalue weighted by atomic mass is 16.6. The Morgan fingerprint density at radius 1 is 1.26 bits per heavy atom. The molecule has 124 valence electrons. The molecule has 2 aliphatic rings. The van der Waals surface area contributed by atoms with Crippen molar-refractivity contribution in [2.45, 2.75) is 57.6 Å². The monoisotopic (exact) mass is 314 g/mol. The van der Waals surface area contributed by atoms with Gasteiger partial charge in [-0.25, -0.2) is 15.6 Å². The lowest BCUT2D eigenvalue weighted by molar-refractivity contribution is -0.0297. The maximum absolute atomic E-state index is 12.7. The molecule has 1 saturated carbocycles. The number of nitrogens with zero attached hydrogens (tertiary/aromatic N) is 1. The summed E-state index contributed by atoms with van der Waals surface area (Å²) in [5.74, 6) is 6.30. The van der Waals surface area contributed by atoms with E-state index in [0.717, 1.165) is 24.0 Å². The topological polar surface area (TPSA) is 55.6 Å². The van der Waals surface area contributed by atoms with E-state index in [-0.39, 0.29) is 0 Å². The van der Waals surface area contributed by atoms with Crippen molar-refractivity contribution < 1.29 is 9.53 Å². The molecule has 0 heterocycles. The van der Waals surface area contributed by atoms with Gasteiger partial charge >= 0.3 is 6.09 Å². The number of carbonyl (C=O) groups excluding carboxylic acids is 1. The summed E-state index contributed by atoms with van der Waals surface area (Å²) in [5, 5.41) is 1.19. The van der Waals surface area contributed by atoms with Crippen LogP contribution in [0.1, 0.15) is 57.6 Å². The molecule has 4 heteroatoms. The Labute approximate surface area is 138 Å². The molecule has 1 unspecified atom stereocenters. The molecule has 0 saturated heterocycles. The van der Waals surface area contributed by atoms with Crippen LogP contribution < -0.4 is 5.84 Å². The molecule has 0 aliphatic heterocycles. The molecule has 2 aliphatic carbocycles. The van der Waals surface area contributed by atoms with E-state index in [4.69, 9.17) is 10.6 Å². The highest BCUT2D eigenvalue weighted by Crippen LogP contribution is 2.49. The molecule has 0 bridgehead atoms.